The van der Waals surface area contributed by atoms with Crippen molar-refractivity contribution in [1.82, 2.24) is 0 Å². The highest BCUT2D eigenvalue weighted by Crippen LogP contribution is 2.40. The highest BCUT2D eigenvalue weighted by atomic mass is 28.3. The summed E-state index contributed by atoms with van der Waals surface area (Å²) in [6, 6.07) is 5.12. The van der Waals surface area contributed by atoms with Gasteiger partial charge in [-0.2, -0.15) is 0 Å². The molecular formula is C18H28N2OSi. The van der Waals surface area contributed by atoms with Crippen molar-refractivity contribution in [3.8, 4) is 11.5 Å². The summed E-state index contributed by atoms with van der Waals surface area (Å²) in [5, 5.41) is 0. The van der Waals surface area contributed by atoms with Crippen molar-refractivity contribution in [3.05, 3.63) is 29.3 Å². The molecule has 1 amide bonds. The Morgan fingerprint density at radius 2 is 1.50 bits per heavy atom. The van der Waals surface area contributed by atoms with Gasteiger partial charge in [-0.1, -0.05) is 47.5 Å². The van der Waals surface area contributed by atoms with Gasteiger partial charge in [0.25, 0.3) is 0 Å². The second-order valence-electron chi connectivity index (χ2n) is 6.86. The van der Waals surface area contributed by atoms with E-state index in [0.717, 1.165) is 5.56 Å². The fourth-order valence-corrected chi connectivity index (χ4v) is 8.71. The number of nitrogens with two attached hydrogens (primary N) is 2. The van der Waals surface area contributed by atoms with Crippen LogP contribution in [0.1, 0.15) is 57.5 Å². The van der Waals surface area contributed by atoms with E-state index in [1.807, 2.05) is 0 Å². The normalized spacial score (nSPS) is 11.7. The van der Waals surface area contributed by atoms with Crippen LogP contribution >= 0.6 is 0 Å². The van der Waals surface area contributed by atoms with Crippen molar-refractivity contribution in [2.24, 2.45) is 5.73 Å². The van der Waals surface area contributed by atoms with E-state index in [4.69, 9.17) is 11.5 Å². The van der Waals surface area contributed by atoms with Gasteiger partial charge in [0.1, 0.15) is 8.07 Å². The lowest BCUT2D eigenvalue weighted by Gasteiger charge is -2.38. The summed E-state index contributed by atoms with van der Waals surface area (Å²) in [6.07, 6.45) is 0. The summed E-state index contributed by atoms with van der Waals surface area (Å²) < 4.78 is 0. The predicted molar refractivity (Wildman–Crippen MR) is 97.3 cm³/mol. The van der Waals surface area contributed by atoms with Crippen molar-refractivity contribution in [2.75, 3.05) is 5.73 Å². The lowest BCUT2D eigenvalue weighted by Crippen LogP contribution is -2.43. The molecule has 0 aliphatic heterocycles. The number of carbonyl (C=O) groups excluding carboxylic acids is 1. The van der Waals surface area contributed by atoms with Gasteiger partial charge in [-0.15, -0.1) is 5.54 Å². The van der Waals surface area contributed by atoms with E-state index in [1.165, 1.54) is 0 Å². The number of primary amides is 1. The Balaban J connectivity index is 3.38. The third kappa shape index (κ3) is 3.72. The van der Waals surface area contributed by atoms with Crippen LogP contribution in [0.3, 0.4) is 0 Å². The Hall–Kier alpha value is -1.73. The number of carbonyl (C=O) groups is 1. The molecule has 4 N–H and O–H groups in total. The predicted octanol–water partition coefficient (Wildman–Crippen LogP) is 3.94. The maximum absolute atomic E-state index is 11.4. The zero-order chi connectivity index (χ0) is 17.1. The lowest BCUT2D eigenvalue weighted by atomic mass is 10.1. The van der Waals surface area contributed by atoms with E-state index >= 15 is 0 Å². The number of anilines is 1. The average molecular weight is 317 g/mol. The Bertz CT molecular complexity index is 587. The van der Waals surface area contributed by atoms with Gasteiger partial charge in [-0.3, -0.25) is 4.79 Å². The molecule has 4 heteroatoms. The monoisotopic (exact) mass is 316 g/mol. The molecule has 0 spiro atoms. The summed E-state index contributed by atoms with van der Waals surface area (Å²) in [6.45, 7) is 13.6. The zero-order valence-electron chi connectivity index (χ0n) is 14.5. The Morgan fingerprint density at radius 3 is 1.91 bits per heavy atom. The number of amides is 1. The minimum atomic E-state index is -1.79. The second kappa shape index (κ2) is 7.02. The summed E-state index contributed by atoms with van der Waals surface area (Å²) in [4.78, 5) is 11.4. The Kier molecular flexibility index (Phi) is 5.84. The number of hydrogen-bond acceptors (Lipinski definition) is 2. The van der Waals surface area contributed by atoms with Gasteiger partial charge in [0.05, 0.1) is 0 Å². The summed E-state index contributed by atoms with van der Waals surface area (Å²) >= 11 is 0. The molecule has 0 atom stereocenters. The van der Waals surface area contributed by atoms with Crippen LogP contribution in [0.15, 0.2) is 18.2 Å². The molecule has 120 valence electrons. The standard InChI is InChI=1S/C18H28N2OSi/c1-12(2)22(13(3)4,14(5)6)8-7-15-9-16(18(20)21)11-17(19)10-15/h9-14H,19H2,1-6H3,(H2,20,21). The highest BCUT2D eigenvalue weighted by Gasteiger charge is 2.41. The van der Waals surface area contributed by atoms with E-state index in [-0.39, 0.29) is 0 Å². The molecule has 0 saturated carbocycles. The Morgan fingerprint density at radius 1 is 1.00 bits per heavy atom. The van der Waals surface area contributed by atoms with Crippen LogP contribution in [0, 0.1) is 11.5 Å². The van der Waals surface area contributed by atoms with Crippen molar-refractivity contribution in [2.45, 2.75) is 58.2 Å². The molecule has 22 heavy (non-hydrogen) atoms. The third-order valence-electron chi connectivity index (χ3n) is 4.53. The van der Waals surface area contributed by atoms with Crippen molar-refractivity contribution < 1.29 is 4.79 Å². The molecule has 0 fully saturated rings. The fourth-order valence-electron chi connectivity index (χ4n) is 3.48. The topological polar surface area (TPSA) is 69.1 Å². The first-order valence-corrected chi connectivity index (χ1v) is 10.1. The van der Waals surface area contributed by atoms with Crippen LogP contribution in [0.4, 0.5) is 5.69 Å². The molecule has 1 aromatic rings. The second-order valence-corrected chi connectivity index (χ2v) is 12.4. The molecule has 0 unspecified atom stereocenters. The summed E-state index contributed by atoms with van der Waals surface area (Å²) in [5.74, 6) is 2.81. The quantitative estimate of drug-likeness (QED) is 0.502. The summed E-state index contributed by atoms with van der Waals surface area (Å²) in [7, 11) is -1.79. The first kappa shape index (κ1) is 18.3. The third-order valence-corrected chi connectivity index (χ3v) is 10.8. The minimum Gasteiger partial charge on any atom is -0.399 e. The number of rotatable bonds is 4. The van der Waals surface area contributed by atoms with Crippen LogP contribution in [-0.4, -0.2) is 14.0 Å². The zero-order valence-corrected chi connectivity index (χ0v) is 15.5. The van der Waals surface area contributed by atoms with Gasteiger partial charge in [0, 0.05) is 16.8 Å². The first-order valence-electron chi connectivity index (χ1n) is 7.84. The Labute approximate surface area is 135 Å². The molecule has 0 bridgehead atoms. The average Bonchev–Trinajstić information content (AvgIpc) is 2.37. The van der Waals surface area contributed by atoms with Crippen LogP contribution in [-0.2, 0) is 0 Å². The van der Waals surface area contributed by atoms with Crippen LogP contribution < -0.4 is 11.5 Å². The molecule has 0 aliphatic carbocycles. The molecule has 1 rings (SSSR count). The van der Waals surface area contributed by atoms with Gasteiger partial charge in [-0.25, -0.2) is 0 Å². The number of nitrogen functional groups attached to an aromatic ring is 1. The number of hydrogen-bond donors (Lipinski definition) is 2. The van der Waals surface area contributed by atoms with E-state index in [0.29, 0.717) is 27.9 Å². The van der Waals surface area contributed by atoms with Gasteiger partial charge in [-0.05, 0) is 34.8 Å². The largest absolute Gasteiger partial charge is 0.399 e. The van der Waals surface area contributed by atoms with Gasteiger partial charge >= 0.3 is 0 Å². The van der Waals surface area contributed by atoms with Crippen molar-refractivity contribution in [3.63, 3.8) is 0 Å². The van der Waals surface area contributed by atoms with Crippen LogP contribution in [0.2, 0.25) is 16.6 Å². The van der Waals surface area contributed by atoms with Crippen molar-refractivity contribution >= 4 is 19.7 Å². The molecule has 0 heterocycles. The summed E-state index contributed by atoms with van der Waals surface area (Å²) in [5.41, 5.74) is 18.2. The van der Waals surface area contributed by atoms with Crippen LogP contribution in [0.5, 0.6) is 0 Å². The SMILES string of the molecule is CC(C)[Si](C#Cc1cc(N)cc(C(N)=O)c1)(C(C)C)C(C)C. The van der Waals surface area contributed by atoms with E-state index in [1.54, 1.807) is 18.2 Å². The van der Waals surface area contributed by atoms with Gasteiger partial charge < -0.3 is 11.5 Å². The molecule has 3 nitrogen and oxygen atoms in total. The minimum absolute atomic E-state index is 0.412. The first-order chi connectivity index (χ1) is 10.1. The molecule has 0 aliphatic rings. The van der Waals surface area contributed by atoms with E-state index < -0.39 is 14.0 Å². The molecule has 1 aromatic carbocycles. The fraction of sp³-hybridized carbons (Fsp3) is 0.500. The number of benzene rings is 1. The lowest BCUT2D eigenvalue weighted by molar-refractivity contribution is 0.100. The maximum atomic E-state index is 11.4. The van der Waals surface area contributed by atoms with Crippen LogP contribution in [0.25, 0.3) is 0 Å². The van der Waals surface area contributed by atoms with Gasteiger partial charge in [0.2, 0.25) is 5.91 Å². The van der Waals surface area contributed by atoms with E-state index in [9.17, 15) is 4.79 Å². The molecule has 0 aromatic heterocycles. The van der Waals surface area contributed by atoms with Crippen molar-refractivity contribution in [1.29, 1.82) is 0 Å². The highest BCUT2D eigenvalue weighted by molar-refractivity contribution is 6.90. The smallest absolute Gasteiger partial charge is 0.248 e. The molecular weight excluding hydrogens is 288 g/mol. The van der Waals surface area contributed by atoms with E-state index in [2.05, 4.69) is 53.0 Å². The molecule has 0 saturated heterocycles. The molecule has 0 radical (unpaired) electrons. The van der Waals surface area contributed by atoms with Gasteiger partial charge in [0.15, 0.2) is 0 Å². The maximum Gasteiger partial charge on any atom is 0.248 e.